The third-order valence-corrected chi connectivity index (χ3v) is 8.72. The minimum atomic E-state index is -0.473. The fraction of sp³-hybridized carbons (Fsp3) is 0.0882. The van der Waals surface area contributed by atoms with Crippen molar-refractivity contribution >= 4 is 45.5 Å². The number of nitrogens with zero attached hydrogens (tertiary/aromatic N) is 2. The van der Waals surface area contributed by atoms with Crippen molar-refractivity contribution in [2.75, 3.05) is 16.8 Å². The predicted molar refractivity (Wildman–Crippen MR) is 164 cm³/mol. The maximum atomic E-state index is 14.4. The van der Waals surface area contributed by atoms with Crippen LogP contribution in [0.1, 0.15) is 31.3 Å². The van der Waals surface area contributed by atoms with Crippen molar-refractivity contribution in [2.24, 2.45) is 0 Å². The van der Waals surface area contributed by atoms with Gasteiger partial charge < -0.3 is 14.6 Å². The number of para-hydroxylation sites is 3. The molecule has 8 heteroatoms. The lowest BCUT2D eigenvalue weighted by Crippen LogP contribution is -2.33. The molecule has 0 spiro atoms. The summed E-state index contributed by atoms with van der Waals surface area (Å²) in [6.07, 6.45) is 2.21. The maximum Gasteiger partial charge on any atom is 0.276 e. The fourth-order valence-corrected chi connectivity index (χ4v) is 6.54. The van der Waals surface area contributed by atoms with Crippen molar-refractivity contribution in [1.29, 1.82) is 0 Å². The van der Waals surface area contributed by atoms with Crippen LogP contribution in [0.2, 0.25) is 0 Å². The average molecular weight is 574 g/mol. The normalized spacial score (nSPS) is 12.5. The van der Waals surface area contributed by atoms with Crippen molar-refractivity contribution in [2.45, 2.75) is 13.3 Å². The van der Waals surface area contributed by atoms with Gasteiger partial charge in [0.25, 0.3) is 11.8 Å². The summed E-state index contributed by atoms with van der Waals surface area (Å²) >= 11 is 1.34. The number of fused-ring (bicyclic) bond motifs is 4. The lowest BCUT2D eigenvalue weighted by atomic mass is 10.1. The molecule has 0 radical (unpaired) electrons. The van der Waals surface area contributed by atoms with E-state index in [4.69, 9.17) is 9.40 Å². The topological polar surface area (TPSA) is 75.4 Å². The molecule has 206 valence electrons. The van der Waals surface area contributed by atoms with Crippen LogP contribution < -0.4 is 10.2 Å². The van der Waals surface area contributed by atoms with Crippen molar-refractivity contribution in [3.05, 3.63) is 125 Å². The van der Waals surface area contributed by atoms with Crippen LogP contribution >= 0.6 is 11.3 Å². The number of amides is 2. The van der Waals surface area contributed by atoms with Crippen molar-refractivity contribution in [3.63, 3.8) is 0 Å². The second-order valence-electron chi connectivity index (χ2n) is 10.1. The highest BCUT2D eigenvalue weighted by atomic mass is 32.1. The van der Waals surface area contributed by atoms with E-state index in [9.17, 15) is 14.0 Å². The molecule has 0 saturated carbocycles. The molecule has 1 N–H and O–H groups in total. The molecule has 0 atom stereocenters. The SMILES string of the molecule is Cc1cccc(F)c1NC(=O)c1cc2c(s1)-c1ccccc1N(C(=O)c1cccc(-c3coc4ccccc34)n1)CC2. The summed E-state index contributed by atoms with van der Waals surface area (Å²) in [5, 5.41) is 3.67. The molecule has 1 aliphatic rings. The van der Waals surface area contributed by atoms with Crippen molar-refractivity contribution in [1.82, 2.24) is 4.98 Å². The van der Waals surface area contributed by atoms with Crippen LogP contribution in [0.25, 0.3) is 32.7 Å². The van der Waals surface area contributed by atoms with Crippen LogP contribution in [0.15, 0.2) is 102 Å². The van der Waals surface area contributed by atoms with E-state index in [1.54, 1.807) is 36.3 Å². The summed E-state index contributed by atoms with van der Waals surface area (Å²) in [4.78, 5) is 35.0. The van der Waals surface area contributed by atoms with Crippen LogP contribution in [-0.4, -0.2) is 23.3 Å². The van der Waals surface area contributed by atoms with E-state index in [1.165, 1.54) is 17.4 Å². The first-order valence-electron chi connectivity index (χ1n) is 13.5. The Morgan fingerprint density at radius 3 is 2.64 bits per heavy atom. The number of anilines is 2. The number of hydrogen-bond acceptors (Lipinski definition) is 5. The number of aromatic nitrogens is 1. The monoisotopic (exact) mass is 573 g/mol. The Kier molecular flexibility index (Phi) is 6.40. The van der Waals surface area contributed by atoms with Gasteiger partial charge in [0, 0.05) is 27.9 Å². The standard InChI is InChI=1S/C34H24FN3O3S/c1-20-8-6-11-25(35)31(20)37-33(39)30-18-21-16-17-38(28-14-4-2-10-23(28)32(21)42-30)34(40)27-13-7-12-26(36-27)24-19-41-29-15-5-3-9-22(24)29/h2-15,18-19H,16-17H2,1H3,(H,37,39). The number of halogens is 1. The number of pyridine rings is 1. The van der Waals surface area contributed by atoms with Gasteiger partial charge in [-0.05, 0) is 60.9 Å². The smallest absolute Gasteiger partial charge is 0.276 e. The summed E-state index contributed by atoms with van der Waals surface area (Å²) in [6, 6.07) is 27.4. The zero-order valence-corrected chi connectivity index (χ0v) is 23.4. The van der Waals surface area contributed by atoms with Crippen LogP contribution in [-0.2, 0) is 6.42 Å². The highest BCUT2D eigenvalue weighted by Gasteiger charge is 2.28. The van der Waals surface area contributed by atoms with Gasteiger partial charge >= 0.3 is 0 Å². The molecule has 1 aliphatic heterocycles. The molecule has 3 aromatic carbocycles. The fourth-order valence-electron chi connectivity index (χ4n) is 5.40. The predicted octanol–water partition coefficient (Wildman–Crippen LogP) is 8.13. The molecule has 4 heterocycles. The van der Waals surface area contributed by atoms with Crippen molar-refractivity contribution < 1.29 is 18.4 Å². The summed E-state index contributed by atoms with van der Waals surface area (Å²) < 4.78 is 20.1. The number of hydrogen-bond donors (Lipinski definition) is 1. The highest BCUT2D eigenvalue weighted by molar-refractivity contribution is 7.17. The number of thiophene rings is 1. The second kappa shape index (κ2) is 10.4. The molecule has 6 aromatic rings. The zero-order chi connectivity index (χ0) is 28.8. The number of carbonyl (C=O) groups is 2. The van der Waals surface area contributed by atoms with Gasteiger partial charge in [-0.15, -0.1) is 11.3 Å². The first kappa shape index (κ1) is 25.9. The van der Waals surface area contributed by atoms with E-state index in [0.717, 1.165) is 38.2 Å². The Morgan fingerprint density at radius 2 is 1.76 bits per heavy atom. The summed E-state index contributed by atoms with van der Waals surface area (Å²) in [5.74, 6) is -1.04. The van der Waals surface area contributed by atoms with Gasteiger partial charge in [0.15, 0.2) is 0 Å². The maximum absolute atomic E-state index is 14.4. The molecule has 0 aliphatic carbocycles. The Morgan fingerprint density at radius 1 is 0.952 bits per heavy atom. The number of furan rings is 1. The lowest BCUT2D eigenvalue weighted by molar-refractivity contribution is 0.0981. The van der Waals surface area contributed by atoms with Gasteiger partial charge in [-0.3, -0.25) is 9.59 Å². The Hall–Kier alpha value is -5.08. The first-order chi connectivity index (χ1) is 20.5. The molecule has 0 unspecified atom stereocenters. The van der Waals surface area contributed by atoms with Gasteiger partial charge in [-0.1, -0.05) is 54.6 Å². The quantitative estimate of drug-likeness (QED) is 0.231. The molecular weight excluding hydrogens is 549 g/mol. The minimum absolute atomic E-state index is 0.182. The van der Waals surface area contributed by atoms with E-state index in [-0.39, 0.29) is 17.5 Å². The molecule has 42 heavy (non-hydrogen) atoms. The van der Waals surface area contributed by atoms with E-state index >= 15 is 0 Å². The molecule has 3 aromatic heterocycles. The Bertz CT molecular complexity index is 1990. The van der Waals surface area contributed by atoms with E-state index in [0.29, 0.717) is 34.8 Å². The summed E-state index contributed by atoms with van der Waals surface area (Å²) in [7, 11) is 0. The van der Waals surface area contributed by atoms with E-state index < -0.39 is 5.82 Å². The van der Waals surface area contributed by atoms with Crippen LogP contribution in [0, 0.1) is 12.7 Å². The summed E-state index contributed by atoms with van der Waals surface area (Å²) in [6.45, 7) is 2.17. The number of nitrogens with one attached hydrogen (secondary N) is 1. The van der Waals surface area contributed by atoms with E-state index in [1.807, 2.05) is 66.7 Å². The number of aryl methyl sites for hydroxylation is 1. The van der Waals surface area contributed by atoms with Crippen LogP contribution in [0.3, 0.4) is 0 Å². The number of rotatable bonds is 4. The lowest BCUT2D eigenvalue weighted by Gasteiger charge is -2.22. The average Bonchev–Trinajstić information content (AvgIpc) is 3.61. The van der Waals surface area contributed by atoms with Crippen LogP contribution in [0.4, 0.5) is 15.8 Å². The minimum Gasteiger partial charge on any atom is -0.464 e. The molecule has 7 rings (SSSR count). The third-order valence-electron chi connectivity index (χ3n) is 7.51. The molecule has 2 amide bonds. The molecule has 6 nitrogen and oxygen atoms in total. The molecular formula is C34H24FN3O3S. The number of carbonyl (C=O) groups excluding carboxylic acids is 2. The molecule has 0 fully saturated rings. The second-order valence-corrected chi connectivity index (χ2v) is 11.2. The molecule has 0 saturated heterocycles. The van der Waals surface area contributed by atoms with Crippen LogP contribution in [0.5, 0.6) is 0 Å². The third kappa shape index (κ3) is 4.46. The largest absolute Gasteiger partial charge is 0.464 e. The Balaban J connectivity index is 1.21. The molecule has 0 bridgehead atoms. The summed E-state index contributed by atoms with van der Waals surface area (Å²) in [5.41, 5.74) is 5.99. The van der Waals surface area contributed by atoms with E-state index in [2.05, 4.69) is 5.32 Å². The highest BCUT2D eigenvalue weighted by Crippen LogP contribution is 2.42. The van der Waals surface area contributed by atoms with Gasteiger partial charge in [0.1, 0.15) is 23.4 Å². The first-order valence-corrected chi connectivity index (χ1v) is 14.3. The van der Waals surface area contributed by atoms with Crippen molar-refractivity contribution in [3.8, 4) is 21.7 Å². The zero-order valence-electron chi connectivity index (χ0n) is 22.6. The van der Waals surface area contributed by atoms with Gasteiger partial charge in [-0.2, -0.15) is 0 Å². The number of benzene rings is 3. The van der Waals surface area contributed by atoms with Gasteiger partial charge in [-0.25, -0.2) is 9.37 Å². The van der Waals surface area contributed by atoms with Gasteiger partial charge in [0.05, 0.1) is 21.9 Å². The Labute approximate surface area is 245 Å². The van der Waals surface area contributed by atoms with Gasteiger partial charge in [0.2, 0.25) is 0 Å².